The summed E-state index contributed by atoms with van der Waals surface area (Å²) in [6, 6.07) is 15.8. The van der Waals surface area contributed by atoms with Crippen molar-refractivity contribution in [2.75, 3.05) is 24.6 Å². The first-order valence-corrected chi connectivity index (χ1v) is 6.85. The van der Waals surface area contributed by atoms with E-state index >= 15 is 0 Å². The van der Waals surface area contributed by atoms with E-state index in [1.54, 1.807) is 0 Å². The second-order valence-electron chi connectivity index (χ2n) is 4.75. The van der Waals surface area contributed by atoms with Crippen LogP contribution in [0.25, 0.3) is 0 Å². The molecule has 0 amide bonds. The van der Waals surface area contributed by atoms with Crippen molar-refractivity contribution >= 4 is 11.4 Å². The zero-order chi connectivity index (χ0) is 14.2. The van der Waals surface area contributed by atoms with Gasteiger partial charge in [0.1, 0.15) is 0 Å². The molecule has 0 spiro atoms. The summed E-state index contributed by atoms with van der Waals surface area (Å²) in [5.41, 5.74) is 15.7. The molecule has 0 unspecified atom stereocenters. The summed E-state index contributed by atoms with van der Waals surface area (Å²) < 4.78 is 0. The van der Waals surface area contributed by atoms with Gasteiger partial charge in [-0.25, -0.2) is 0 Å². The number of nitrogens with two attached hydrogens (primary N) is 2. The van der Waals surface area contributed by atoms with Gasteiger partial charge in [-0.15, -0.1) is 0 Å². The smallest absolute Gasteiger partial charge is 0.0359 e. The summed E-state index contributed by atoms with van der Waals surface area (Å²) in [4.78, 5) is 0. The van der Waals surface area contributed by atoms with Gasteiger partial charge in [0.25, 0.3) is 0 Å². The third-order valence-electron chi connectivity index (χ3n) is 3.22. The van der Waals surface area contributed by atoms with E-state index < -0.39 is 0 Å². The Bertz CT molecular complexity index is 490. The second-order valence-corrected chi connectivity index (χ2v) is 4.75. The van der Waals surface area contributed by atoms with Crippen molar-refractivity contribution in [2.45, 2.75) is 13.1 Å². The standard InChI is InChI=1S/C16H22N4/c17-15-7-3-1-5-13(15)11-19-9-10-20-12-14-6-2-4-8-16(14)18/h1-8,19-20H,9-12,17-18H2. The second kappa shape index (κ2) is 7.53. The highest BCUT2D eigenvalue weighted by Gasteiger charge is 1.98. The number of hydrogen-bond acceptors (Lipinski definition) is 4. The first kappa shape index (κ1) is 14.4. The third kappa shape index (κ3) is 4.26. The maximum Gasteiger partial charge on any atom is 0.0359 e. The van der Waals surface area contributed by atoms with Crippen LogP contribution in [0, 0.1) is 0 Å². The summed E-state index contributed by atoms with van der Waals surface area (Å²) in [6.45, 7) is 3.37. The van der Waals surface area contributed by atoms with Crippen LogP contribution < -0.4 is 22.1 Å². The van der Waals surface area contributed by atoms with Gasteiger partial charge in [-0.1, -0.05) is 36.4 Å². The lowest BCUT2D eigenvalue weighted by molar-refractivity contribution is 0.612. The van der Waals surface area contributed by atoms with Crippen LogP contribution >= 0.6 is 0 Å². The third-order valence-corrected chi connectivity index (χ3v) is 3.22. The Kier molecular flexibility index (Phi) is 5.41. The molecule has 2 rings (SSSR count). The van der Waals surface area contributed by atoms with E-state index in [1.165, 1.54) is 0 Å². The molecule has 6 N–H and O–H groups in total. The maximum atomic E-state index is 5.88. The van der Waals surface area contributed by atoms with Crippen molar-refractivity contribution < 1.29 is 0 Å². The number of rotatable bonds is 7. The normalized spacial score (nSPS) is 10.6. The number of nitrogens with one attached hydrogen (secondary N) is 2. The van der Waals surface area contributed by atoms with Crippen LogP contribution in [0.4, 0.5) is 11.4 Å². The van der Waals surface area contributed by atoms with Crippen molar-refractivity contribution in [3.8, 4) is 0 Å². The molecule has 20 heavy (non-hydrogen) atoms. The fourth-order valence-electron chi connectivity index (χ4n) is 2.01. The number of hydrogen-bond donors (Lipinski definition) is 4. The number of benzene rings is 2. The van der Waals surface area contributed by atoms with Crippen LogP contribution in [0.15, 0.2) is 48.5 Å². The van der Waals surface area contributed by atoms with E-state index in [0.29, 0.717) is 0 Å². The Labute approximate surface area is 120 Å². The van der Waals surface area contributed by atoms with Crippen LogP contribution in [0.5, 0.6) is 0 Å². The topological polar surface area (TPSA) is 76.1 Å². The minimum absolute atomic E-state index is 0.793. The minimum atomic E-state index is 0.793. The molecule has 4 heteroatoms. The number of anilines is 2. The molecule has 106 valence electrons. The lowest BCUT2D eigenvalue weighted by Gasteiger charge is -2.09. The minimum Gasteiger partial charge on any atom is -0.398 e. The van der Waals surface area contributed by atoms with Crippen molar-refractivity contribution in [3.63, 3.8) is 0 Å². The van der Waals surface area contributed by atoms with Gasteiger partial charge < -0.3 is 22.1 Å². The highest BCUT2D eigenvalue weighted by Crippen LogP contribution is 2.10. The molecule has 0 radical (unpaired) electrons. The maximum absolute atomic E-state index is 5.88. The van der Waals surface area contributed by atoms with E-state index in [-0.39, 0.29) is 0 Å². The van der Waals surface area contributed by atoms with E-state index in [1.807, 2.05) is 48.5 Å². The van der Waals surface area contributed by atoms with Gasteiger partial charge in [0.2, 0.25) is 0 Å². The quantitative estimate of drug-likeness (QED) is 0.456. The summed E-state index contributed by atoms with van der Waals surface area (Å²) in [5, 5.41) is 6.74. The van der Waals surface area contributed by atoms with Crippen LogP contribution in [-0.4, -0.2) is 13.1 Å². The van der Waals surface area contributed by atoms with Gasteiger partial charge in [0.15, 0.2) is 0 Å². The fraction of sp³-hybridized carbons (Fsp3) is 0.250. The molecule has 0 heterocycles. The van der Waals surface area contributed by atoms with E-state index in [0.717, 1.165) is 48.7 Å². The Morgan fingerprint density at radius 1 is 0.650 bits per heavy atom. The molecule has 0 aliphatic heterocycles. The van der Waals surface area contributed by atoms with E-state index in [4.69, 9.17) is 11.5 Å². The average molecular weight is 270 g/mol. The van der Waals surface area contributed by atoms with Crippen molar-refractivity contribution in [2.24, 2.45) is 0 Å². The largest absolute Gasteiger partial charge is 0.398 e. The van der Waals surface area contributed by atoms with Crippen molar-refractivity contribution in [1.29, 1.82) is 0 Å². The zero-order valence-corrected chi connectivity index (χ0v) is 11.6. The zero-order valence-electron chi connectivity index (χ0n) is 11.6. The molecule has 2 aromatic carbocycles. The molecular formula is C16H22N4. The number of nitrogen functional groups attached to an aromatic ring is 2. The highest BCUT2D eigenvalue weighted by molar-refractivity contribution is 5.46. The SMILES string of the molecule is Nc1ccccc1CNCCNCc1ccccc1N. The fourth-order valence-corrected chi connectivity index (χ4v) is 2.01. The molecule has 0 saturated heterocycles. The summed E-state index contributed by atoms with van der Waals surface area (Å²) in [6.07, 6.45) is 0. The van der Waals surface area contributed by atoms with E-state index in [2.05, 4.69) is 10.6 Å². The van der Waals surface area contributed by atoms with Gasteiger partial charge in [0, 0.05) is 37.6 Å². The monoisotopic (exact) mass is 270 g/mol. The van der Waals surface area contributed by atoms with Gasteiger partial charge >= 0.3 is 0 Å². The molecule has 0 saturated carbocycles. The van der Waals surface area contributed by atoms with Crippen LogP contribution in [0.1, 0.15) is 11.1 Å². The first-order chi connectivity index (χ1) is 9.77. The Balaban J connectivity index is 1.63. The Morgan fingerprint density at radius 3 is 1.45 bits per heavy atom. The van der Waals surface area contributed by atoms with Gasteiger partial charge in [-0.2, -0.15) is 0 Å². The molecule has 2 aromatic rings. The predicted molar refractivity (Wildman–Crippen MR) is 85.1 cm³/mol. The molecule has 0 aromatic heterocycles. The summed E-state index contributed by atoms with van der Waals surface area (Å²) >= 11 is 0. The molecule has 0 bridgehead atoms. The van der Waals surface area contributed by atoms with E-state index in [9.17, 15) is 0 Å². The van der Waals surface area contributed by atoms with Crippen LogP contribution in [0.3, 0.4) is 0 Å². The molecule has 4 nitrogen and oxygen atoms in total. The Hall–Kier alpha value is -2.04. The highest BCUT2D eigenvalue weighted by atomic mass is 14.9. The van der Waals surface area contributed by atoms with Gasteiger partial charge in [-0.05, 0) is 23.3 Å². The molecule has 0 atom stereocenters. The lowest BCUT2D eigenvalue weighted by atomic mass is 10.2. The summed E-state index contributed by atoms with van der Waals surface area (Å²) in [5.74, 6) is 0. The van der Waals surface area contributed by atoms with Crippen molar-refractivity contribution in [1.82, 2.24) is 10.6 Å². The first-order valence-electron chi connectivity index (χ1n) is 6.85. The number of para-hydroxylation sites is 2. The van der Waals surface area contributed by atoms with Gasteiger partial charge in [0.05, 0.1) is 0 Å². The van der Waals surface area contributed by atoms with Crippen LogP contribution in [0.2, 0.25) is 0 Å². The average Bonchev–Trinajstić information content (AvgIpc) is 2.46. The molecular weight excluding hydrogens is 248 g/mol. The summed E-state index contributed by atoms with van der Waals surface area (Å²) in [7, 11) is 0. The lowest BCUT2D eigenvalue weighted by Crippen LogP contribution is -2.27. The van der Waals surface area contributed by atoms with Crippen molar-refractivity contribution in [3.05, 3.63) is 59.7 Å². The molecule has 0 aliphatic carbocycles. The predicted octanol–water partition coefficient (Wildman–Crippen LogP) is 1.73. The molecule has 0 aliphatic rings. The van der Waals surface area contributed by atoms with Gasteiger partial charge in [-0.3, -0.25) is 0 Å². The van der Waals surface area contributed by atoms with Crippen LogP contribution in [-0.2, 0) is 13.1 Å². The molecule has 0 fully saturated rings. The Morgan fingerprint density at radius 2 is 1.05 bits per heavy atom.